The molecule has 0 unspecified atom stereocenters. The normalized spacial score (nSPS) is 15.7. The maximum atomic E-state index is 12.5. The standard InChI is InChI=1S/C21H28N4O/c1-4-25-18(3)20(15-22-25)8-9-21(26)24-12-10-23(11-13-24)16-19-7-5-6-17(2)14-19/h5-9,14-15H,4,10-13,16H2,1-3H3/b9-8+. The van der Waals surface area contributed by atoms with Gasteiger partial charge in [0.15, 0.2) is 0 Å². The summed E-state index contributed by atoms with van der Waals surface area (Å²) >= 11 is 0. The minimum atomic E-state index is 0.0869. The number of carbonyl (C=O) groups excluding carboxylic acids is 1. The van der Waals surface area contributed by atoms with Crippen LogP contribution in [-0.4, -0.2) is 51.7 Å². The lowest BCUT2D eigenvalue weighted by Gasteiger charge is -2.34. The van der Waals surface area contributed by atoms with Crippen molar-refractivity contribution in [1.82, 2.24) is 19.6 Å². The fourth-order valence-electron chi connectivity index (χ4n) is 3.40. The van der Waals surface area contributed by atoms with Crippen molar-refractivity contribution in [1.29, 1.82) is 0 Å². The Labute approximate surface area is 155 Å². The van der Waals surface area contributed by atoms with E-state index in [9.17, 15) is 4.79 Å². The summed E-state index contributed by atoms with van der Waals surface area (Å²) in [6.07, 6.45) is 5.39. The van der Waals surface area contributed by atoms with Crippen molar-refractivity contribution in [2.45, 2.75) is 33.9 Å². The molecule has 0 bridgehead atoms. The first-order valence-corrected chi connectivity index (χ1v) is 9.34. The Hall–Kier alpha value is -2.40. The highest BCUT2D eigenvalue weighted by Gasteiger charge is 2.19. The van der Waals surface area contributed by atoms with Crippen LogP contribution >= 0.6 is 0 Å². The van der Waals surface area contributed by atoms with Crippen LogP contribution in [-0.2, 0) is 17.9 Å². The van der Waals surface area contributed by atoms with E-state index in [0.29, 0.717) is 0 Å². The molecule has 3 rings (SSSR count). The zero-order valence-corrected chi connectivity index (χ0v) is 16.0. The summed E-state index contributed by atoms with van der Waals surface area (Å²) in [5, 5.41) is 4.31. The van der Waals surface area contributed by atoms with Crippen LogP contribution < -0.4 is 0 Å². The predicted molar refractivity (Wildman–Crippen MR) is 105 cm³/mol. The smallest absolute Gasteiger partial charge is 0.246 e. The Kier molecular flexibility index (Phi) is 5.89. The van der Waals surface area contributed by atoms with Crippen LogP contribution in [0.5, 0.6) is 0 Å². The third-order valence-electron chi connectivity index (χ3n) is 5.02. The second kappa shape index (κ2) is 8.32. The number of carbonyl (C=O) groups is 1. The van der Waals surface area contributed by atoms with E-state index in [1.165, 1.54) is 11.1 Å². The number of aromatic nitrogens is 2. The maximum Gasteiger partial charge on any atom is 0.246 e. The van der Waals surface area contributed by atoms with E-state index in [2.05, 4.69) is 48.1 Å². The highest BCUT2D eigenvalue weighted by Crippen LogP contribution is 2.12. The van der Waals surface area contributed by atoms with E-state index in [4.69, 9.17) is 0 Å². The van der Waals surface area contributed by atoms with Crippen LogP contribution in [0.3, 0.4) is 0 Å². The molecule has 0 radical (unpaired) electrons. The third kappa shape index (κ3) is 4.41. The Bertz CT molecular complexity index is 785. The number of hydrogen-bond donors (Lipinski definition) is 0. The zero-order valence-electron chi connectivity index (χ0n) is 16.0. The largest absolute Gasteiger partial charge is 0.337 e. The Morgan fingerprint density at radius 1 is 1.19 bits per heavy atom. The average Bonchev–Trinajstić information content (AvgIpc) is 3.00. The molecule has 0 saturated carbocycles. The summed E-state index contributed by atoms with van der Waals surface area (Å²) in [7, 11) is 0. The van der Waals surface area contributed by atoms with E-state index in [1.54, 1.807) is 6.08 Å². The molecule has 2 aromatic rings. The molecule has 1 aliphatic rings. The van der Waals surface area contributed by atoms with Gasteiger partial charge in [0.1, 0.15) is 0 Å². The molecule has 1 amide bonds. The molecule has 0 N–H and O–H groups in total. The van der Waals surface area contributed by atoms with Crippen molar-refractivity contribution in [3.05, 3.63) is 58.9 Å². The Balaban J connectivity index is 1.51. The van der Waals surface area contributed by atoms with Gasteiger partial charge < -0.3 is 4.90 Å². The molecule has 138 valence electrons. The molecule has 0 atom stereocenters. The number of aryl methyl sites for hydroxylation is 2. The van der Waals surface area contributed by atoms with Crippen molar-refractivity contribution < 1.29 is 4.79 Å². The van der Waals surface area contributed by atoms with E-state index < -0.39 is 0 Å². The van der Waals surface area contributed by atoms with E-state index in [0.717, 1.165) is 50.5 Å². The number of benzene rings is 1. The molecule has 0 aliphatic carbocycles. The van der Waals surface area contributed by atoms with Crippen molar-refractivity contribution in [3.63, 3.8) is 0 Å². The lowest BCUT2D eigenvalue weighted by Crippen LogP contribution is -2.47. The lowest BCUT2D eigenvalue weighted by atomic mass is 10.1. The first-order valence-electron chi connectivity index (χ1n) is 9.34. The maximum absolute atomic E-state index is 12.5. The monoisotopic (exact) mass is 352 g/mol. The molecule has 2 heterocycles. The van der Waals surface area contributed by atoms with E-state index >= 15 is 0 Å². The van der Waals surface area contributed by atoms with E-state index in [-0.39, 0.29) is 5.91 Å². The van der Waals surface area contributed by atoms with Crippen molar-refractivity contribution in [2.75, 3.05) is 26.2 Å². The average molecular weight is 352 g/mol. The molecule has 5 heteroatoms. The quantitative estimate of drug-likeness (QED) is 0.777. The first-order chi connectivity index (χ1) is 12.6. The molecule has 1 fully saturated rings. The summed E-state index contributed by atoms with van der Waals surface area (Å²) in [4.78, 5) is 16.8. The van der Waals surface area contributed by atoms with Crippen LogP contribution in [0.15, 0.2) is 36.5 Å². The van der Waals surface area contributed by atoms with Gasteiger partial charge in [0.2, 0.25) is 5.91 Å². The SMILES string of the molecule is CCn1ncc(/C=C/C(=O)N2CCN(Cc3cccc(C)c3)CC2)c1C. The zero-order chi connectivity index (χ0) is 18.5. The molecular formula is C21H28N4O. The second-order valence-corrected chi connectivity index (χ2v) is 6.92. The fraction of sp³-hybridized carbons (Fsp3) is 0.429. The highest BCUT2D eigenvalue weighted by atomic mass is 16.2. The molecule has 0 spiro atoms. The van der Waals surface area contributed by atoms with Gasteiger partial charge in [-0.3, -0.25) is 14.4 Å². The number of rotatable bonds is 5. The molecule has 1 aromatic carbocycles. The summed E-state index contributed by atoms with van der Waals surface area (Å²) in [6, 6.07) is 8.64. The predicted octanol–water partition coefficient (Wildman–Crippen LogP) is 2.88. The van der Waals surface area contributed by atoms with Gasteiger partial charge >= 0.3 is 0 Å². The molecule has 26 heavy (non-hydrogen) atoms. The van der Waals surface area contributed by atoms with Crippen LogP contribution in [0.25, 0.3) is 6.08 Å². The number of amides is 1. The molecule has 1 aliphatic heterocycles. The van der Waals surface area contributed by atoms with Crippen molar-refractivity contribution in [2.24, 2.45) is 0 Å². The number of nitrogens with zero attached hydrogens (tertiary/aromatic N) is 4. The Morgan fingerprint density at radius 2 is 1.96 bits per heavy atom. The summed E-state index contributed by atoms with van der Waals surface area (Å²) in [5.41, 5.74) is 4.74. The van der Waals surface area contributed by atoms with Gasteiger partial charge in [0, 0.05) is 56.6 Å². The number of piperazine rings is 1. The van der Waals surface area contributed by atoms with Crippen LogP contribution in [0, 0.1) is 13.8 Å². The molecule has 1 aromatic heterocycles. The molecule has 1 saturated heterocycles. The van der Waals surface area contributed by atoms with Gasteiger partial charge in [-0.25, -0.2) is 0 Å². The van der Waals surface area contributed by atoms with Gasteiger partial charge in [0.25, 0.3) is 0 Å². The first kappa shape index (κ1) is 18.4. The Morgan fingerprint density at radius 3 is 2.62 bits per heavy atom. The minimum absolute atomic E-state index is 0.0869. The van der Waals surface area contributed by atoms with Crippen LogP contribution in [0.4, 0.5) is 0 Å². The molecule has 5 nitrogen and oxygen atoms in total. The van der Waals surface area contributed by atoms with Gasteiger partial charge in [-0.15, -0.1) is 0 Å². The van der Waals surface area contributed by atoms with Gasteiger partial charge in [0.05, 0.1) is 6.20 Å². The van der Waals surface area contributed by atoms with Gasteiger partial charge in [-0.2, -0.15) is 5.10 Å². The fourth-order valence-corrected chi connectivity index (χ4v) is 3.40. The van der Waals surface area contributed by atoms with Gasteiger partial charge in [-0.1, -0.05) is 29.8 Å². The summed E-state index contributed by atoms with van der Waals surface area (Å²) in [6.45, 7) is 11.4. The second-order valence-electron chi connectivity index (χ2n) is 6.92. The van der Waals surface area contributed by atoms with Crippen molar-refractivity contribution in [3.8, 4) is 0 Å². The summed E-state index contributed by atoms with van der Waals surface area (Å²) < 4.78 is 1.94. The van der Waals surface area contributed by atoms with Crippen molar-refractivity contribution >= 4 is 12.0 Å². The molecular weight excluding hydrogens is 324 g/mol. The van der Waals surface area contributed by atoms with E-state index in [1.807, 2.05) is 28.8 Å². The highest BCUT2D eigenvalue weighted by molar-refractivity contribution is 5.92. The summed E-state index contributed by atoms with van der Waals surface area (Å²) in [5.74, 6) is 0.0869. The third-order valence-corrected chi connectivity index (χ3v) is 5.02. The van der Waals surface area contributed by atoms with Gasteiger partial charge in [-0.05, 0) is 32.4 Å². The van der Waals surface area contributed by atoms with Crippen LogP contribution in [0.1, 0.15) is 29.3 Å². The minimum Gasteiger partial charge on any atom is -0.337 e. The van der Waals surface area contributed by atoms with Crippen LogP contribution in [0.2, 0.25) is 0 Å². The lowest BCUT2D eigenvalue weighted by molar-refractivity contribution is -0.127. The topological polar surface area (TPSA) is 41.4 Å². The number of hydrogen-bond acceptors (Lipinski definition) is 3.